The third-order valence-corrected chi connectivity index (χ3v) is 2.81. The van der Waals surface area contributed by atoms with Crippen molar-refractivity contribution < 1.29 is 0 Å². The molecule has 2 aromatic heterocycles. The number of benzene rings is 1. The standard InChI is InChI=1S/C14H12N2/c1-9-3-4-12-11(5-9)8-15-13-6-10(2)7-16-14(12)13/h3-8H,1-2H3. The quantitative estimate of drug-likeness (QED) is 0.529. The summed E-state index contributed by atoms with van der Waals surface area (Å²) >= 11 is 0. The summed E-state index contributed by atoms with van der Waals surface area (Å²) in [6.07, 6.45) is 3.81. The van der Waals surface area contributed by atoms with E-state index in [2.05, 4.69) is 41.2 Å². The molecule has 0 N–H and O–H groups in total. The van der Waals surface area contributed by atoms with E-state index >= 15 is 0 Å². The van der Waals surface area contributed by atoms with Crippen LogP contribution < -0.4 is 0 Å². The second kappa shape index (κ2) is 3.27. The number of rotatable bonds is 0. The highest BCUT2D eigenvalue weighted by atomic mass is 14.7. The summed E-state index contributed by atoms with van der Waals surface area (Å²) < 4.78 is 0. The summed E-state index contributed by atoms with van der Waals surface area (Å²) in [5, 5.41) is 2.33. The average Bonchev–Trinajstić information content (AvgIpc) is 2.28. The maximum atomic E-state index is 4.48. The molecule has 0 unspecified atom stereocenters. The van der Waals surface area contributed by atoms with Crippen LogP contribution in [0.2, 0.25) is 0 Å². The van der Waals surface area contributed by atoms with Gasteiger partial charge in [0.15, 0.2) is 0 Å². The lowest BCUT2D eigenvalue weighted by Crippen LogP contribution is -1.87. The van der Waals surface area contributed by atoms with Crippen molar-refractivity contribution in [2.24, 2.45) is 0 Å². The average molecular weight is 208 g/mol. The fourth-order valence-corrected chi connectivity index (χ4v) is 2.00. The molecule has 0 spiro atoms. The van der Waals surface area contributed by atoms with Gasteiger partial charge in [-0.2, -0.15) is 0 Å². The normalized spacial score (nSPS) is 11.1. The lowest BCUT2D eigenvalue weighted by atomic mass is 10.1. The zero-order chi connectivity index (χ0) is 11.1. The van der Waals surface area contributed by atoms with Gasteiger partial charge in [0, 0.05) is 23.2 Å². The summed E-state index contributed by atoms with van der Waals surface area (Å²) in [5.41, 5.74) is 4.35. The first-order valence-corrected chi connectivity index (χ1v) is 5.36. The number of pyridine rings is 2. The molecule has 0 bridgehead atoms. The Labute approximate surface area is 94.0 Å². The number of nitrogens with zero attached hydrogens (tertiary/aromatic N) is 2. The van der Waals surface area contributed by atoms with Crippen molar-refractivity contribution in [2.75, 3.05) is 0 Å². The van der Waals surface area contributed by atoms with Gasteiger partial charge in [0.05, 0.1) is 11.0 Å². The van der Waals surface area contributed by atoms with Crippen LogP contribution in [-0.2, 0) is 0 Å². The van der Waals surface area contributed by atoms with Crippen molar-refractivity contribution >= 4 is 21.8 Å². The van der Waals surface area contributed by atoms with E-state index < -0.39 is 0 Å². The van der Waals surface area contributed by atoms with E-state index in [0.717, 1.165) is 22.0 Å². The lowest BCUT2D eigenvalue weighted by molar-refractivity contribution is 1.30. The van der Waals surface area contributed by atoms with Crippen LogP contribution in [-0.4, -0.2) is 9.97 Å². The Balaban J connectivity index is 2.50. The van der Waals surface area contributed by atoms with Gasteiger partial charge in [-0.1, -0.05) is 17.7 Å². The van der Waals surface area contributed by atoms with E-state index in [9.17, 15) is 0 Å². The first-order valence-electron chi connectivity index (χ1n) is 5.36. The molecule has 2 nitrogen and oxygen atoms in total. The van der Waals surface area contributed by atoms with Crippen LogP contribution in [0.3, 0.4) is 0 Å². The summed E-state index contributed by atoms with van der Waals surface area (Å²) in [7, 11) is 0. The van der Waals surface area contributed by atoms with Gasteiger partial charge in [0.2, 0.25) is 0 Å². The number of fused-ring (bicyclic) bond motifs is 3. The molecule has 0 fully saturated rings. The zero-order valence-electron chi connectivity index (χ0n) is 9.36. The highest BCUT2D eigenvalue weighted by Gasteiger charge is 2.02. The molecule has 0 radical (unpaired) electrons. The Morgan fingerprint density at radius 1 is 0.875 bits per heavy atom. The third kappa shape index (κ3) is 1.34. The minimum Gasteiger partial charge on any atom is -0.254 e. The number of aryl methyl sites for hydroxylation is 2. The second-order valence-corrected chi connectivity index (χ2v) is 4.23. The van der Waals surface area contributed by atoms with Crippen LogP contribution in [0.5, 0.6) is 0 Å². The van der Waals surface area contributed by atoms with Gasteiger partial charge in [-0.3, -0.25) is 9.97 Å². The molecule has 3 rings (SSSR count). The van der Waals surface area contributed by atoms with Gasteiger partial charge in [-0.15, -0.1) is 0 Å². The minimum absolute atomic E-state index is 0.969. The van der Waals surface area contributed by atoms with Crippen LogP contribution in [0.1, 0.15) is 11.1 Å². The molecule has 0 atom stereocenters. The maximum absolute atomic E-state index is 4.48. The van der Waals surface area contributed by atoms with Crippen LogP contribution >= 0.6 is 0 Å². The van der Waals surface area contributed by atoms with Gasteiger partial charge in [-0.05, 0) is 31.5 Å². The van der Waals surface area contributed by atoms with Gasteiger partial charge in [-0.25, -0.2) is 0 Å². The molecule has 0 aliphatic rings. The summed E-state index contributed by atoms with van der Waals surface area (Å²) in [4.78, 5) is 8.92. The van der Waals surface area contributed by atoms with Gasteiger partial charge < -0.3 is 0 Å². The smallest absolute Gasteiger partial charge is 0.0965 e. The molecule has 2 heterocycles. The van der Waals surface area contributed by atoms with E-state index in [-0.39, 0.29) is 0 Å². The number of hydrogen-bond donors (Lipinski definition) is 0. The SMILES string of the molecule is Cc1ccc2c(cnc3cc(C)cnc32)c1. The van der Waals surface area contributed by atoms with Crippen LogP contribution in [0.15, 0.2) is 36.7 Å². The highest BCUT2D eigenvalue weighted by Crippen LogP contribution is 2.22. The van der Waals surface area contributed by atoms with Crippen LogP contribution in [0.25, 0.3) is 21.8 Å². The van der Waals surface area contributed by atoms with E-state index in [1.807, 2.05) is 19.3 Å². The van der Waals surface area contributed by atoms with E-state index in [1.165, 1.54) is 10.9 Å². The van der Waals surface area contributed by atoms with Crippen LogP contribution in [0.4, 0.5) is 0 Å². The molecular formula is C14H12N2. The largest absolute Gasteiger partial charge is 0.254 e. The van der Waals surface area contributed by atoms with Crippen molar-refractivity contribution in [2.45, 2.75) is 13.8 Å². The van der Waals surface area contributed by atoms with E-state index in [1.54, 1.807) is 0 Å². The Morgan fingerprint density at radius 2 is 1.75 bits per heavy atom. The predicted octanol–water partition coefficient (Wildman–Crippen LogP) is 3.40. The zero-order valence-corrected chi connectivity index (χ0v) is 9.36. The molecule has 0 saturated heterocycles. The summed E-state index contributed by atoms with van der Waals surface area (Å²) in [6.45, 7) is 4.12. The molecule has 0 amide bonds. The Bertz CT molecular complexity index is 626. The third-order valence-electron chi connectivity index (χ3n) is 2.81. The molecule has 16 heavy (non-hydrogen) atoms. The fourth-order valence-electron chi connectivity index (χ4n) is 2.00. The molecular weight excluding hydrogens is 196 g/mol. The lowest BCUT2D eigenvalue weighted by Gasteiger charge is -2.03. The van der Waals surface area contributed by atoms with E-state index in [4.69, 9.17) is 0 Å². The minimum atomic E-state index is 0.969. The van der Waals surface area contributed by atoms with Crippen LogP contribution in [0, 0.1) is 13.8 Å². The summed E-state index contributed by atoms with van der Waals surface area (Å²) in [5.74, 6) is 0. The maximum Gasteiger partial charge on any atom is 0.0965 e. The Hall–Kier alpha value is -1.96. The Kier molecular flexibility index (Phi) is 1.90. The monoisotopic (exact) mass is 208 g/mol. The highest BCUT2D eigenvalue weighted by molar-refractivity contribution is 6.03. The predicted molar refractivity (Wildman–Crippen MR) is 66.5 cm³/mol. The fraction of sp³-hybridized carbons (Fsp3) is 0.143. The summed E-state index contributed by atoms with van der Waals surface area (Å²) in [6, 6.07) is 8.45. The number of hydrogen-bond acceptors (Lipinski definition) is 2. The second-order valence-electron chi connectivity index (χ2n) is 4.23. The van der Waals surface area contributed by atoms with Gasteiger partial charge in [0.1, 0.15) is 0 Å². The molecule has 2 heteroatoms. The molecule has 0 aliphatic carbocycles. The van der Waals surface area contributed by atoms with Crippen molar-refractivity contribution in [3.63, 3.8) is 0 Å². The number of aromatic nitrogens is 2. The van der Waals surface area contributed by atoms with E-state index in [0.29, 0.717) is 0 Å². The molecule has 1 aromatic carbocycles. The van der Waals surface area contributed by atoms with Crippen molar-refractivity contribution in [3.05, 3.63) is 47.8 Å². The van der Waals surface area contributed by atoms with Crippen molar-refractivity contribution in [1.29, 1.82) is 0 Å². The van der Waals surface area contributed by atoms with Gasteiger partial charge in [0.25, 0.3) is 0 Å². The molecule has 3 aromatic rings. The molecule has 0 aliphatic heterocycles. The topological polar surface area (TPSA) is 25.8 Å². The first kappa shape index (κ1) is 9.28. The van der Waals surface area contributed by atoms with Crippen molar-refractivity contribution in [1.82, 2.24) is 9.97 Å². The molecule has 0 saturated carbocycles. The van der Waals surface area contributed by atoms with Gasteiger partial charge >= 0.3 is 0 Å². The molecule has 78 valence electrons. The van der Waals surface area contributed by atoms with Crippen molar-refractivity contribution in [3.8, 4) is 0 Å². The Morgan fingerprint density at radius 3 is 2.62 bits per heavy atom. The first-order chi connectivity index (χ1) is 7.74.